The molecule has 62 valence electrons. The minimum atomic E-state index is 0.237. The van der Waals surface area contributed by atoms with Gasteiger partial charge >= 0.3 is 0 Å². The van der Waals surface area contributed by atoms with Crippen LogP contribution in [-0.4, -0.2) is 20.1 Å². The molecular weight excluding hydrogens is 154 g/mol. The number of hydrogen-bond donors (Lipinski definition) is 1. The molecule has 1 aromatic heterocycles. The van der Waals surface area contributed by atoms with Crippen LogP contribution in [-0.2, 0) is 7.05 Å². The summed E-state index contributed by atoms with van der Waals surface area (Å²) in [6.07, 6.45) is 0. The topological polar surface area (TPSA) is 50.9 Å². The zero-order valence-corrected chi connectivity index (χ0v) is 6.94. The number of rotatable bonds is 0. The van der Waals surface area contributed by atoms with Gasteiger partial charge in [-0.15, -0.1) is 5.10 Å². The Morgan fingerprint density at radius 2 is 2.17 bits per heavy atom. The molecule has 2 rings (SSSR count). The van der Waals surface area contributed by atoms with Gasteiger partial charge in [0.2, 0.25) is 0 Å². The molecule has 0 spiro atoms. The summed E-state index contributed by atoms with van der Waals surface area (Å²) in [5, 5.41) is 17.0. The molecule has 4 nitrogen and oxygen atoms in total. The maximum absolute atomic E-state index is 9.24. The van der Waals surface area contributed by atoms with Gasteiger partial charge in [0.05, 0.1) is 5.52 Å². The number of aryl methyl sites for hydroxylation is 2. The lowest BCUT2D eigenvalue weighted by atomic mass is 10.2. The molecule has 0 aliphatic heterocycles. The average Bonchev–Trinajstić information content (AvgIpc) is 2.31. The molecule has 0 unspecified atom stereocenters. The molecule has 0 aliphatic carbocycles. The van der Waals surface area contributed by atoms with E-state index in [0.717, 1.165) is 16.6 Å². The van der Waals surface area contributed by atoms with Crippen LogP contribution in [0, 0.1) is 6.92 Å². The summed E-state index contributed by atoms with van der Waals surface area (Å²) in [5.41, 5.74) is 2.68. The van der Waals surface area contributed by atoms with E-state index in [1.54, 1.807) is 16.8 Å². The van der Waals surface area contributed by atoms with Crippen LogP contribution >= 0.6 is 0 Å². The Kier molecular flexibility index (Phi) is 1.30. The highest BCUT2D eigenvalue weighted by Gasteiger charge is 2.05. The molecule has 1 aromatic carbocycles. The smallest absolute Gasteiger partial charge is 0.118 e. The van der Waals surface area contributed by atoms with Crippen LogP contribution < -0.4 is 0 Å². The van der Waals surface area contributed by atoms with Gasteiger partial charge in [0.25, 0.3) is 0 Å². The first-order chi connectivity index (χ1) is 5.68. The largest absolute Gasteiger partial charge is 0.508 e. The lowest BCUT2D eigenvalue weighted by Gasteiger charge is -1.97. The number of aromatic nitrogens is 3. The van der Waals surface area contributed by atoms with Crippen molar-refractivity contribution in [1.29, 1.82) is 0 Å². The van der Waals surface area contributed by atoms with Gasteiger partial charge < -0.3 is 5.11 Å². The molecule has 12 heavy (non-hydrogen) atoms. The van der Waals surface area contributed by atoms with E-state index in [1.165, 1.54) is 0 Å². The van der Waals surface area contributed by atoms with Crippen molar-refractivity contribution in [3.63, 3.8) is 0 Å². The summed E-state index contributed by atoms with van der Waals surface area (Å²) in [6, 6.07) is 3.31. The molecule has 0 fully saturated rings. The van der Waals surface area contributed by atoms with E-state index in [-0.39, 0.29) is 5.75 Å². The number of fused-ring (bicyclic) bond motifs is 1. The quantitative estimate of drug-likeness (QED) is 0.629. The van der Waals surface area contributed by atoms with E-state index in [1.807, 2.05) is 14.0 Å². The fourth-order valence-electron chi connectivity index (χ4n) is 1.40. The van der Waals surface area contributed by atoms with Crippen molar-refractivity contribution in [2.45, 2.75) is 6.92 Å². The van der Waals surface area contributed by atoms with Gasteiger partial charge in [-0.25, -0.2) is 4.68 Å². The molecule has 0 saturated carbocycles. The lowest BCUT2D eigenvalue weighted by Crippen LogP contribution is -1.91. The number of nitrogens with zero attached hydrogens (tertiary/aromatic N) is 3. The summed E-state index contributed by atoms with van der Waals surface area (Å²) in [4.78, 5) is 0. The molecule has 0 aliphatic rings. The summed E-state index contributed by atoms with van der Waals surface area (Å²) in [5.74, 6) is 0.237. The molecule has 2 aromatic rings. The summed E-state index contributed by atoms with van der Waals surface area (Å²) >= 11 is 0. The number of benzene rings is 1. The SMILES string of the molecule is Cc1cc(O)cc2nnn(C)c12. The average molecular weight is 163 g/mol. The number of phenols is 1. The van der Waals surface area contributed by atoms with Crippen molar-refractivity contribution in [2.75, 3.05) is 0 Å². The van der Waals surface area contributed by atoms with Gasteiger partial charge in [-0.2, -0.15) is 0 Å². The van der Waals surface area contributed by atoms with E-state index < -0.39 is 0 Å². The fraction of sp³-hybridized carbons (Fsp3) is 0.250. The fourth-order valence-corrected chi connectivity index (χ4v) is 1.40. The molecule has 0 atom stereocenters. The molecule has 0 saturated heterocycles. The van der Waals surface area contributed by atoms with Gasteiger partial charge in [-0.3, -0.25) is 0 Å². The Labute approximate surface area is 69.4 Å². The lowest BCUT2D eigenvalue weighted by molar-refractivity contribution is 0.475. The Morgan fingerprint density at radius 3 is 2.92 bits per heavy atom. The highest BCUT2D eigenvalue weighted by atomic mass is 16.3. The van der Waals surface area contributed by atoms with Gasteiger partial charge in [-0.05, 0) is 18.6 Å². The highest BCUT2D eigenvalue weighted by Crippen LogP contribution is 2.21. The van der Waals surface area contributed by atoms with Crippen molar-refractivity contribution in [3.05, 3.63) is 17.7 Å². The molecule has 1 heterocycles. The van der Waals surface area contributed by atoms with Gasteiger partial charge in [0, 0.05) is 13.1 Å². The number of hydrogen-bond acceptors (Lipinski definition) is 3. The molecular formula is C8H9N3O. The third-order valence-electron chi connectivity index (χ3n) is 1.88. The zero-order chi connectivity index (χ0) is 8.72. The summed E-state index contributed by atoms with van der Waals surface area (Å²) in [6.45, 7) is 1.92. The summed E-state index contributed by atoms with van der Waals surface area (Å²) < 4.78 is 1.70. The van der Waals surface area contributed by atoms with Crippen molar-refractivity contribution in [1.82, 2.24) is 15.0 Å². The predicted molar refractivity (Wildman–Crippen MR) is 44.9 cm³/mol. The summed E-state index contributed by atoms with van der Waals surface area (Å²) in [7, 11) is 1.83. The van der Waals surface area contributed by atoms with Crippen LogP contribution in [0.3, 0.4) is 0 Å². The van der Waals surface area contributed by atoms with Crippen LogP contribution in [0.25, 0.3) is 11.0 Å². The van der Waals surface area contributed by atoms with Crippen LogP contribution in [0.5, 0.6) is 5.75 Å². The van der Waals surface area contributed by atoms with E-state index >= 15 is 0 Å². The van der Waals surface area contributed by atoms with E-state index in [9.17, 15) is 5.11 Å². The first-order valence-electron chi connectivity index (χ1n) is 3.67. The highest BCUT2D eigenvalue weighted by molar-refractivity contribution is 5.79. The molecule has 4 heteroatoms. The predicted octanol–water partition coefficient (Wildman–Crippen LogP) is 0.982. The van der Waals surface area contributed by atoms with Gasteiger partial charge in [0.1, 0.15) is 11.3 Å². The minimum Gasteiger partial charge on any atom is -0.508 e. The van der Waals surface area contributed by atoms with Crippen molar-refractivity contribution < 1.29 is 5.11 Å². The number of aromatic hydroxyl groups is 1. The third-order valence-corrected chi connectivity index (χ3v) is 1.88. The molecule has 0 amide bonds. The van der Waals surface area contributed by atoms with Crippen LogP contribution in [0.1, 0.15) is 5.56 Å². The monoisotopic (exact) mass is 163 g/mol. The zero-order valence-electron chi connectivity index (χ0n) is 6.94. The van der Waals surface area contributed by atoms with E-state index in [2.05, 4.69) is 10.3 Å². The van der Waals surface area contributed by atoms with Crippen LogP contribution in [0.15, 0.2) is 12.1 Å². The van der Waals surface area contributed by atoms with Crippen LogP contribution in [0.4, 0.5) is 0 Å². The standard InChI is InChI=1S/C8H9N3O/c1-5-3-6(12)4-7-8(5)11(2)10-9-7/h3-4,12H,1-2H3. The second kappa shape index (κ2) is 2.20. The maximum atomic E-state index is 9.24. The van der Waals surface area contributed by atoms with Crippen molar-refractivity contribution in [3.8, 4) is 5.75 Å². The molecule has 0 bridgehead atoms. The van der Waals surface area contributed by atoms with E-state index in [4.69, 9.17) is 0 Å². The second-order valence-electron chi connectivity index (χ2n) is 2.84. The minimum absolute atomic E-state index is 0.237. The van der Waals surface area contributed by atoms with Crippen molar-refractivity contribution in [2.24, 2.45) is 7.05 Å². The first-order valence-corrected chi connectivity index (χ1v) is 3.67. The Hall–Kier alpha value is -1.58. The Morgan fingerprint density at radius 1 is 1.42 bits per heavy atom. The van der Waals surface area contributed by atoms with Crippen molar-refractivity contribution >= 4 is 11.0 Å². The second-order valence-corrected chi connectivity index (χ2v) is 2.84. The number of phenolic OH excluding ortho intramolecular Hbond substituents is 1. The normalized spacial score (nSPS) is 10.8. The Bertz CT molecular complexity index is 433. The molecule has 0 radical (unpaired) electrons. The van der Waals surface area contributed by atoms with Gasteiger partial charge in [0.15, 0.2) is 0 Å². The first kappa shape index (κ1) is 7.09. The van der Waals surface area contributed by atoms with Gasteiger partial charge in [-0.1, -0.05) is 5.21 Å². The third kappa shape index (κ3) is 0.845. The van der Waals surface area contributed by atoms with Crippen LogP contribution in [0.2, 0.25) is 0 Å². The molecule has 1 N–H and O–H groups in total. The van der Waals surface area contributed by atoms with E-state index in [0.29, 0.717) is 0 Å². The Balaban J connectivity index is 2.93. The maximum Gasteiger partial charge on any atom is 0.118 e.